The van der Waals surface area contributed by atoms with E-state index < -0.39 is 0 Å². The van der Waals surface area contributed by atoms with Crippen LogP contribution >= 0.6 is 0 Å². The molecule has 0 heterocycles. The molecule has 0 aliphatic heterocycles. The Morgan fingerprint density at radius 3 is 2.50 bits per heavy atom. The fraction of sp³-hybridized carbons (Fsp3) is 0.611. The lowest BCUT2D eigenvalue weighted by Crippen LogP contribution is -2.46. The minimum absolute atomic E-state index is 0.601. The summed E-state index contributed by atoms with van der Waals surface area (Å²) in [6.45, 7) is 4.00. The highest BCUT2D eigenvalue weighted by Crippen LogP contribution is 2.34. The first-order valence-corrected chi connectivity index (χ1v) is 8.15. The predicted octanol–water partition coefficient (Wildman–Crippen LogP) is 2.34. The largest absolute Gasteiger partial charge is 0.355 e. The molecule has 1 aromatic rings. The molecular formula is C18H30N4. The number of hydrogen-bond acceptors (Lipinski definition) is 2. The smallest absolute Gasteiger partial charge is 0.193 e. The van der Waals surface area contributed by atoms with Gasteiger partial charge in [0.25, 0.3) is 0 Å². The molecule has 4 heteroatoms. The lowest BCUT2D eigenvalue weighted by molar-refractivity contribution is 0.262. The molecule has 0 saturated heterocycles. The number of nitrogens with one attached hydrogen (secondary N) is 1. The zero-order chi connectivity index (χ0) is 16.1. The predicted molar refractivity (Wildman–Crippen MR) is 94.2 cm³/mol. The van der Waals surface area contributed by atoms with Gasteiger partial charge in [-0.25, -0.2) is 0 Å². The van der Waals surface area contributed by atoms with Crippen molar-refractivity contribution in [3.63, 3.8) is 0 Å². The zero-order valence-corrected chi connectivity index (χ0v) is 14.6. The topological polar surface area (TPSA) is 30.9 Å². The van der Waals surface area contributed by atoms with E-state index in [1.54, 1.807) is 0 Å². The molecular weight excluding hydrogens is 272 g/mol. The molecule has 1 N–H and O–H groups in total. The van der Waals surface area contributed by atoms with Gasteiger partial charge in [-0.05, 0) is 50.9 Å². The fourth-order valence-corrected chi connectivity index (χ4v) is 2.95. The Morgan fingerprint density at radius 1 is 1.27 bits per heavy atom. The number of likely N-dealkylation sites (N-methyl/N-ethyl adjacent to an activating group) is 1. The lowest BCUT2D eigenvalue weighted by Gasteiger charge is -2.28. The quantitative estimate of drug-likeness (QED) is 0.646. The molecule has 0 spiro atoms. The molecule has 1 fully saturated rings. The van der Waals surface area contributed by atoms with Crippen LogP contribution in [0.4, 0.5) is 0 Å². The first kappa shape index (κ1) is 16.8. The van der Waals surface area contributed by atoms with Crippen molar-refractivity contribution in [2.24, 2.45) is 10.9 Å². The maximum absolute atomic E-state index is 4.44. The molecule has 22 heavy (non-hydrogen) atoms. The Balaban J connectivity index is 1.92. The number of aryl methyl sites for hydroxylation is 1. The summed E-state index contributed by atoms with van der Waals surface area (Å²) in [7, 11) is 8.30. The normalized spacial score (nSPS) is 16.7. The third-order valence-electron chi connectivity index (χ3n) is 4.54. The van der Waals surface area contributed by atoms with E-state index in [9.17, 15) is 0 Å². The third-order valence-corrected chi connectivity index (χ3v) is 4.54. The second-order valence-electron chi connectivity index (χ2n) is 6.58. The minimum Gasteiger partial charge on any atom is -0.355 e. The van der Waals surface area contributed by atoms with Gasteiger partial charge in [0.2, 0.25) is 0 Å². The van der Waals surface area contributed by atoms with Crippen molar-refractivity contribution in [3.8, 4) is 0 Å². The van der Waals surface area contributed by atoms with Gasteiger partial charge in [0.1, 0.15) is 0 Å². The van der Waals surface area contributed by atoms with E-state index in [0.29, 0.717) is 6.04 Å². The molecule has 0 bridgehead atoms. The highest BCUT2D eigenvalue weighted by Gasteiger charge is 2.32. The van der Waals surface area contributed by atoms with Gasteiger partial charge in [-0.15, -0.1) is 0 Å². The maximum Gasteiger partial charge on any atom is 0.193 e. The number of benzene rings is 1. The van der Waals surface area contributed by atoms with Crippen LogP contribution in [0.1, 0.15) is 24.0 Å². The first-order valence-electron chi connectivity index (χ1n) is 8.15. The Labute approximate surface area is 135 Å². The Bertz CT molecular complexity index is 504. The SMILES string of the molecule is CN=C(NCC(C1CC1)N(C)C)N(C)Cc1ccccc1C. The average Bonchev–Trinajstić information content (AvgIpc) is 3.30. The molecule has 1 aliphatic rings. The van der Waals surface area contributed by atoms with Crippen molar-refractivity contribution in [1.82, 2.24) is 15.1 Å². The van der Waals surface area contributed by atoms with Gasteiger partial charge < -0.3 is 15.1 Å². The van der Waals surface area contributed by atoms with Crippen LogP contribution in [0.15, 0.2) is 29.3 Å². The first-order chi connectivity index (χ1) is 10.5. The van der Waals surface area contributed by atoms with Gasteiger partial charge in [-0.3, -0.25) is 4.99 Å². The molecule has 2 rings (SSSR count). The second-order valence-corrected chi connectivity index (χ2v) is 6.58. The molecule has 0 radical (unpaired) electrons. The van der Waals surface area contributed by atoms with E-state index in [1.807, 2.05) is 7.05 Å². The summed E-state index contributed by atoms with van der Waals surface area (Å²) in [5.74, 6) is 1.82. The summed E-state index contributed by atoms with van der Waals surface area (Å²) in [6.07, 6.45) is 2.73. The number of rotatable bonds is 6. The van der Waals surface area contributed by atoms with Gasteiger partial charge in [0.15, 0.2) is 5.96 Å². The standard InChI is InChI=1S/C18H30N4/c1-14-8-6-7-9-16(14)13-22(5)18(19-2)20-12-17(21(3)4)15-10-11-15/h6-9,15,17H,10-13H2,1-5H3,(H,19,20). The summed E-state index contributed by atoms with van der Waals surface area (Å²) >= 11 is 0. The number of guanidine groups is 1. The number of aliphatic imine (C=N–C) groups is 1. The summed E-state index contributed by atoms with van der Waals surface area (Å²) in [5, 5.41) is 3.55. The summed E-state index contributed by atoms with van der Waals surface area (Å²) in [5.41, 5.74) is 2.67. The van der Waals surface area contributed by atoms with Crippen molar-refractivity contribution in [3.05, 3.63) is 35.4 Å². The van der Waals surface area contributed by atoms with Gasteiger partial charge in [-0.1, -0.05) is 24.3 Å². The van der Waals surface area contributed by atoms with Crippen LogP contribution in [-0.4, -0.2) is 56.5 Å². The van der Waals surface area contributed by atoms with Crippen LogP contribution in [0.2, 0.25) is 0 Å². The van der Waals surface area contributed by atoms with E-state index in [-0.39, 0.29) is 0 Å². The molecule has 1 atom stereocenters. The van der Waals surface area contributed by atoms with E-state index >= 15 is 0 Å². The van der Waals surface area contributed by atoms with Crippen molar-refractivity contribution in [2.45, 2.75) is 32.4 Å². The molecule has 1 unspecified atom stereocenters. The van der Waals surface area contributed by atoms with Crippen LogP contribution < -0.4 is 5.32 Å². The van der Waals surface area contributed by atoms with Gasteiger partial charge >= 0.3 is 0 Å². The highest BCUT2D eigenvalue weighted by atomic mass is 15.3. The molecule has 1 saturated carbocycles. The number of hydrogen-bond donors (Lipinski definition) is 1. The molecule has 0 amide bonds. The van der Waals surface area contributed by atoms with Crippen molar-refractivity contribution < 1.29 is 0 Å². The molecule has 1 aliphatic carbocycles. The molecule has 4 nitrogen and oxygen atoms in total. The summed E-state index contributed by atoms with van der Waals surface area (Å²) < 4.78 is 0. The van der Waals surface area contributed by atoms with Crippen LogP contribution in [0.5, 0.6) is 0 Å². The highest BCUT2D eigenvalue weighted by molar-refractivity contribution is 5.79. The van der Waals surface area contributed by atoms with Gasteiger partial charge in [-0.2, -0.15) is 0 Å². The number of nitrogens with zero attached hydrogens (tertiary/aromatic N) is 3. The minimum atomic E-state index is 0.601. The van der Waals surface area contributed by atoms with E-state index in [4.69, 9.17) is 0 Å². The van der Waals surface area contributed by atoms with Crippen LogP contribution in [0.3, 0.4) is 0 Å². The second kappa shape index (κ2) is 7.63. The van der Waals surface area contributed by atoms with Crippen LogP contribution in [0.25, 0.3) is 0 Å². The molecule has 122 valence electrons. The summed E-state index contributed by atoms with van der Waals surface area (Å²) in [4.78, 5) is 8.97. The van der Waals surface area contributed by atoms with E-state index in [1.165, 1.54) is 24.0 Å². The molecule has 0 aromatic heterocycles. The van der Waals surface area contributed by atoms with Crippen molar-refractivity contribution >= 4 is 5.96 Å². The molecule has 1 aromatic carbocycles. The van der Waals surface area contributed by atoms with Gasteiger partial charge in [0, 0.05) is 33.2 Å². The third kappa shape index (κ3) is 4.47. The van der Waals surface area contributed by atoms with E-state index in [0.717, 1.165) is 25.0 Å². The van der Waals surface area contributed by atoms with Crippen molar-refractivity contribution in [1.29, 1.82) is 0 Å². The average molecular weight is 302 g/mol. The monoisotopic (exact) mass is 302 g/mol. The van der Waals surface area contributed by atoms with Crippen LogP contribution in [-0.2, 0) is 6.54 Å². The Morgan fingerprint density at radius 2 is 1.95 bits per heavy atom. The fourth-order valence-electron chi connectivity index (χ4n) is 2.95. The van der Waals surface area contributed by atoms with E-state index in [2.05, 4.69) is 72.4 Å². The summed E-state index contributed by atoms with van der Waals surface area (Å²) in [6, 6.07) is 9.13. The Hall–Kier alpha value is -1.55. The van der Waals surface area contributed by atoms with Gasteiger partial charge in [0.05, 0.1) is 0 Å². The zero-order valence-electron chi connectivity index (χ0n) is 14.6. The van der Waals surface area contributed by atoms with Crippen LogP contribution in [0, 0.1) is 12.8 Å². The Kier molecular flexibility index (Phi) is 5.83. The lowest BCUT2D eigenvalue weighted by atomic mass is 10.1. The van der Waals surface area contributed by atoms with Crippen molar-refractivity contribution in [2.75, 3.05) is 34.7 Å². The maximum atomic E-state index is 4.44.